The van der Waals surface area contributed by atoms with Gasteiger partial charge < -0.3 is 19.8 Å². The lowest BCUT2D eigenvalue weighted by Crippen LogP contribution is -2.21. The summed E-state index contributed by atoms with van der Waals surface area (Å²) in [5.74, 6) is 1.02. The van der Waals surface area contributed by atoms with Gasteiger partial charge >= 0.3 is 0 Å². The van der Waals surface area contributed by atoms with Gasteiger partial charge in [0.05, 0.1) is 18.8 Å². The predicted molar refractivity (Wildman–Crippen MR) is 125 cm³/mol. The van der Waals surface area contributed by atoms with Gasteiger partial charge in [-0.2, -0.15) is 0 Å². The number of nitrogens with zero attached hydrogens (tertiary/aromatic N) is 1. The molecule has 0 spiro atoms. The molecule has 4 nitrogen and oxygen atoms in total. The fourth-order valence-electron chi connectivity index (χ4n) is 5.72. The molecule has 1 heterocycles. The van der Waals surface area contributed by atoms with Crippen molar-refractivity contribution in [2.75, 3.05) is 32.8 Å². The molecule has 0 radical (unpaired) electrons. The van der Waals surface area contributed by atoms with Crippen LogP contribution < -0.4 is 0 Å². The number of fused-ring (bicyclic) bond motifs is 1. The molecule has 31 heavy (non-hydrogen) atoms. The van der Waals surface area contributed by atoms with E-state index in [9.17, 15) is 10.2 Å². The first-order chi connectivity index (χ1) is 15.1. The average molecular weight is 426 g/mol. The van der Waals surface area contributed by atoms with Crippen molar-refractivity contribution in [3.63, 3.8) is 0 Å². The summed E-state index contributed by atoms with van der Waals surface area (Å²) in [6.45, 7) is 7.31. The Balaban J connectivity index is 1.20. The van der Waals surface area contributed by atoms with Crippen LogP contribution in [0.3, 0.4) is 0 Å². The third kappa shape index (κ3) is 6.29. The van der Waals surface area contributed by atoms with Crippen molar-refractivity contribution < 1.29 is 14.9 Å². The van der Waals surface area contributed by atoms with Gasteiger partial charge in [0.15, 0.2) is 0 Å². The van der Waals surface area contributed by atoms with E-state index in [-0.39, 0.29) is 12.0 Å². The van der Waals surface area contributed by atoms with Crippen molar-refractivity contribution >= 4 is 0 Å². The normalized spacial score (nSPS) is 29.6. The summed E-state index contributed by atoms with van der Waals surface area (Å²) < 4.78 is 5.96. The highest BCUT2D eigenvalue weighted by Gasteiger charge is 2.43. The number of aryl methyl sites for hydroxylation is 1. The van der Waals surface area contributed by atoms with E-state index in [0.717, 1.165) is 44.6 Å². The molecule has 1 aliphatic heterocycles. The molecule has 0 aromatic heterocycles. The minimum absolute atomic E-state index is 0.126. The molecule has 4 heteroatoms. The van der Waals surface area contributed by atoms with Gasteiger partial charge in [-0.3, -0.25) is 0 Å². The molecule has 3 aliphatic rings. The molecular weight excluding hydrogens is 386 g/mol. The molecule has 0 bridgehead atoms. The number of aliphatic hydroxyl groups is 2. The van der Waals surface area contributed by atoms with Crippen LogP contribution in [-0.4, -0.2) is 60.2 Å². The molecule has 2 aliphatic carbocycles. The third-order valence-corrected chi connectivity index (χ3v) is 7.28. The summed E-state index contributed by atoms with van der Waals surface area (Å²) in [5, 5.41) is 21.0. The zero-order valence-electron chi connectivity index (χ0n) is 19.0. The highest BCUT2D eigenvalue weighted by atomic mass is 16.5. The second kappa shape index (κ2) is 10.9. The summed E-state index contributed by atoms with van der Waals surface area (Å²) in [6, 6.07) is 8.29. The molecule has 1 aromatic carbocycles. The summed E-state index contributed by atoms with van der Waals surface area (Å²) in [6.07, 6.45) is 11.8. The maximum absolute atomic E-state index is 10.6. The van der Waals surface area contributed by atoms with Crippen molar-refractivity contribution in [2.24, 2.45) is 17.8 Å². The molecule has 0 amide bonds. The second-order valence-corrected chi connectivity index (χ2v) is 9.84. The largest absolute Gasteiger partial charge is 0.392 e. The molecule has 5 atom stereocenters. The van der Waals surface area contributed by atoms with Crippen LogP contribution in [0.1, 0.15) is 43.2 Å². The Morgan fingerprint density at radius 1 is 1.26 bits per heavy atom. The van der Waals surface area contributed by atoms with Crippen LogP contribution in [0.25, 0.3) is 0 Å². The molecule has 4 rings (SSSR count). The van der Waals surface area contributed by atoms with E-state index < -0.39 is 6.10 Å². The van der Waals surface area contributed by atoms with Crippen molar-refractivity contribution in [3.05, 3.63) is 59.2 Å². The quantitative estimate of drug-likeness (QED) is 0.441. The number of ether oxygens (including phenoxy) is 1. The van der Waals surface area contributed by atoms with Crippen LogP contribution in [0.2, 0.25) is 0 Å². The highest BCUT2D eigenvalue weighted by Crippen LogP contribution is 2.47. The Labute approximate surface area is 187 Å². The van der Waals surface area contributed by atoms with E-state index in [1.54, 1.807) is 0 Å². The molecule has 1 aromatic rings. The number of allylic oxidation sites excluding steroid dienone is 1. The van der Waals surface area contributed by atoms with Gasteiger partial charge in [0.2, 0.25) is 0 Å². The van der Waals surface area contributed by atoms with E-state index in [4.69, 9.17) is 4.74 Å². The molecule has 2 N–H and O–H groups in total. The van der Waals surface area contributed by atoms with Crippen LogP contribution >= 0.6 is 0 Å². The summed E-state index contributed by atoms with van der Waals surface area (Å²) in [7, 11) is 0. The minimum Gasteiger partial charge on any atom is -0.392 e. The Hall–Kier alpha value is -1.46. The van der Waals surface area contributed by atoms with Crippen LogP contribution in [0.4, 0.5) is 0 Å². The molecule has 0 unspecified atom stereocenters. The molecule has 170 valence electrons. The average Bonchev–Trinajstić information content (AvgIpc) is 3.43. The van der Waals surface area contributed by atoms with Gasteiger partial charge in [0, 0.05) is 25.5 Å². The molecule has 1 saturated carbocycles. The maximum atomic E-state index is 10.6. The van der Waals surface area contributed by atoms with Crippen LogP contribution in [0.5, 0.6) is 0 Å². The number of aliphatic hydroxyl groups excluding tert-OH is 2. The number of hydrogen-bond acceptors (Lipinski definition) is 4. The number of benzene rings is 1. The first-order valence-corrected chi connectivity index (χ1v) is 12.2. The first kappa shape index (κ1) is 22.7. The summed E-state index contributed by atoms with van der Waals surface area (Å²) >= 11 is 0. The van der Waals surface area contributed by atoms with E-state index in [1.807, 2.05) is 12.1 Å². The lowest BCUT2D eigenvalue weighted by Gasteiger charge is -2.19. The van der Waals surface area contributed by atoms with Crippen molar-refractivity contribution in [1.29, 1.82) is 0 Å². The Bertz CT molecular complexity index is 767. The highest BCUT2D eigenvalue weighted by molar-refractivity contribution is 5.24. The SMILES string of the molecule is Cc1cccc(C[C@@H](O)/C=C/[C@@H]2[C@H]3CC(COCCCN4CCCC4)=C[C@H]3C[C@H]2O)c1. The van der Waals surface area contributed by atoms with Crippen LogP contribution in [-0.2, 0) is 11.2 Å². The predicted octanol–water partition coefficient (Wildman–Crippen LogP) is 3.90. The topological polar surface area (TPSA) is 52.9 Å². The zero-order chi connectivity index (χ0) is 21.6. The van der Waals surface area contributed by atoms with Crippen LogP contribution in [0.15, 0.2) is 48.1 Å². The number of likely N-dealkylation sites (tertiary alicyclic amines) is 1. The van der Waals surface area contributed by atoms with Gasteiger partial charge in [-0.05, 0) is 75.1 Å². The van der Waals surface area contributed by atoms with Gasteiger partial charge in [-0.25, -0.2) is 0 Å². The number of hydrogen-bond donors (Lipinski definition) is 2. The van der Waals surface area contributed by atoms with E-state index in [0.29, 0.717) is 18.3 Å². The van der Waals surface area contributed by atoms with Gasteiger partial charge in [-0.15, -0.1) is 0 Å². The summed E-state index contributed by atoms with van der Waals surface area (Å²) in [4.78, 5) is 2.54. The smallest absolute Gasteiger partial charge is 0.0761 e. The Morgan fingerprint density at radius 3 is 2.90 bits per heavy atom. The monoisotopic (exact) mass is 425 g/mol. The van der Waals surface area contributed by atoms with E-state index in [2.05, 4.69) is 42.2 Å². The lowest BCUT2D eigenvalue weighted by molar-refractivity contribution is 0.131. The van der Waals surface area contributed by atoms with Crippen molar-refractivity contribution in [2.45, 2.75) is 57.7 Å². The van der Waals surface area contributed by atoms with Crippen molar-refractivity contribution in [1.82, 2.24) is 4.90 Å². The third-order valence-electron chi connectivity index (χ3n) is 7.28. The lowest BCUT2D eigenvalue weighted by atomic mass is 9.89. The zero-order valence-corrected chi connectivity index (χ0v) is 19.0. The molecular formula is C27H39NO3. The minimum atomic E-state index is -0.513. The standard InChI is InChI=1S/C27H39NO3/c1-20-6-4-7-21(14-20)16-24(29)8-9-25-26-17-22(15-23(26)18-27(25)30)19-31-13-5-12-28-10-2-3-11-28/h4,6-9,14-15,23-27,29-30H,2-3,5,10-13,16-19H2,1H3/b9-8+/t23-,24-,25+,26-,27+/m0/s1. The summed E-state index contributed by atoms with van der Waals surface area (Å²) in [5.41, 5.74) is 3.75. The second-order valence-electron chi connectivity index (χ2n) is 9.84. The Morgan fingerprint density at radius 2 is 2.10 bits per heavy atom. The molecule has 2 fully saturated rings. The van der Waals surface area contributed by atoms with Gasteiger partial charge in [-0.1, -0.05) is 48.1 Å². The van der Waals surface area contributed by atoms with Crippen LogP contribution in [0, 0.1) is 24.7 Å². The first-order valence-electron chi connectivity index (χ1n) is 12.2. The number of rotatable bonds is 10. The fraction of sp³-hybridized carbons (Fsp3) is 0.630. The van der Waals surface area contributed by atoms with Gasteiger partial charge in [0.25, 0.3) is 0 Å². The van der Waals surface area contributed by atoms with E-state index >= 15 is 0 Å². The molecule has 1 saturated heterocycles. The Kier molecular flexibility index (Phi) is 8.00. The fourth-order valence-corrected chi connectivity index (χ4v) is 5.72. The maximum Gasteiger partial charge on any atom is 0.0761 e. The van der Waals surface area contributed by atoms with Gasteiger partial charge in [0.1, 0.15) is 0 Å². The van der Waals surface area contributed by atoms with E-state index in [1.165, 1.54) is 37.1 Å². The van der Waals surface area contributed by atoms with Crippen molar-refractivity contribution in [3.8, 4) is 0 Å².